The van der Waals surface area contributed by atoms with E-state index in [-0.39, 0.29) is 0 Å². The van der Waals surface area contributed by atoms with E-state index in [1.807, 2.05) is 0 Å². The number of rotatable bonds is 5. The van der Waals surface area contributed by atoms with Gasteiger partial charge in [-0.2, -0.15) is 0 Å². The molecule has 0 aromatic carbocycles. The van der Waals surface area contributed by atoms with E-state index in [2.05, 4.69) is 19.2 Å². The largest absolute Gasteiger partial charge is 0.378 e. The van der Waals surface area contributed by atoms with Crippen molar-refractivity contribution >= 4 is 0 Å². The minimum absolute atomic E-state index is 0.502. The standard InChI is InChI=1S/C15H29NO/c1-3-14-11-13(7-10-17-14)16-12-15(4-2)8-5-6-9-15/h13-14,16H,3-12H2,1-2H3. The molecule has 1 aliphatic heterocycles. The van der Waals surface area contributed by atoms with Crippen molar-refractivity contribution < 1.29 is 4.74 Å². The van der Waals surface area contributed by atoms with Crippen LogP contribution in [0.2, 0.25) is 0 Å². The van der Waals surface area contributed by atoms with E-state index >= 15 is 0 Å². The van der Waals surface area contributed by atoms with E-state index in [0.29, 0.717) is 17.6 Å². The zero-order valence-corrected chi connectivity index (χ0v) is 11.6. The fourth-order valence-electron chi connectivity index (χ4n) is 3.49. The maximum Gasteiger partial charge on any atom is 0.0587 e. The van der Waals surface area contributed by atoms with E-state index < -0.39 is 0 Å². The molecule has 2 heteroatoms. The van der Waals surface area contributed by atoms with E-state index in [4.69, 9.17) is 4.74 Å². The van der Waals surface area contributed by atoms with Gasteiger partial charge >= 0.3 is 0 Å². The first kappa shape index (κ1) is 13.4. The number of nitrogens with one attached hydrogen (secondary N) is 1. The zero-order chi connectivity index (χ0) is 12.1. The van der Waals surface area contributed by atoms with Crippen molar-refractivity contribution in [3.8, 4) is 0 Å². The molecule has 1 saturated carbocycles. The molecule has 2 atom stereocenters. The lowest BCUT2D eigenvalue weighted by Gasteiger charge is -2.34. The third-order valence-electron chi connectivity index (χ3n) is 5.00. The van der Waals surface area contributed by atoms with E-state index in [1.165, 1.54) is 51.5 Å². The van der Waals surface area contributed by atoms with Gasteiger partial charge in [0.15, 0.2) is 0 Å². The Kier molecular flexibility index (Phi) is 4.87. The minimum atomic E-state index is 0.502. The van der Waals surface area contributed by atoms with Crippen molar-refractivity contribution in [3.05, 3.63) is 0 Å². The smallest absolute Gasteiger partial charge is 0.0587 e. The lowest BCUT2D eigenvalue weighted by molar-refractivity contribution is -0.00195. The van der Waals surface area contributed by atoms with Crippen LogP contribution in [-0.4, -0.2) is 25.3 Å². The Hall–Kier alpha value is -0.0800. The Bertz CT molecular complexity index is 223. The van der Waals surface area contributed by atoms with Gasteiger partial charge in [-0.3, -0.25) is 0 Å². The summed E-state index contributed by atoms with van der Waals surface area (Å²) in [6.07, 6.45) is 11.2. The molecule has 0 radical (unpaired) electrons. The molecule has 0 amide bonds. The zero-order valence-electron chi connectivity index (χ0n) is 11.6. The van der Waals surface area contributed by atoms with Crippen LogP contribution >= 0.6 is 0 Å². The summed E-state index contributed by atoms with van der Waals surface area (Å²) in [6, 6.07) is 0.706. The van der Waals surface area contributed by atoms with Gasteiger partial charge in [-0.25, -0.2) is 0 Å². The number of hydrogen-bond acceptors (Lipinski definition) is 2. The van der Waals surface area contributed by atoms with E-state index in [1.54, 1.807) is 0 Å². The van der Waals surface area contributed by atoms with Gasteiger partial charge in [0.05, 0.1) is 6.10 Å². The van der Waals surface area contributed by atoms with Crippen molar-refractivity contribution in [1.82, 2.24) is 5.32 Å². The topological polar surface area (TPSA) is 21.3 Å². The Morgan fingerprint density at radius 1 is 1.24 bits per heavy atom. The summed E-state index contributed by atoms with van der Waals surface area (Å²) in [6.45, 7) is 6.79. The molecule has 2 unspecified atom stereocenters. The first-order valence-electron chi connectivity index (χ1n) is 7.63. The molecular formula is C15H29NO. The molecule has 1 aliphatic carbocycles. The fourth-order valence-corrected chi connectivity index (χ4v) is 3.49. The van der Waals surface area contributed by atoms with Crippen LogP contribution in [0.1, 0.15) is 65.2 Å². The van der Waals surface area contributed by atoms with Crippen LogP contribution in [0.25, 0.3) is 0 Å². The van der Waals surface area contributed by atoms with E-state index in [9.17, 15) is 0 Å². The molecule has 2 aliphatic rings. The summed E-state index contributed by atoms with van der Waals surface area (Å²) in [5, 5.41) is 3.84. The van der Waals surface area contributed by atoms with Crippen molar-refractivity contribution in [2.45, 2.75) is 77.4 Å². The average molecular weight is 239 g/mol. The van der Waals surface area contributed by atoms with Gasteiger partial charge in [0.25, 0.3) is 0 Å². The molecule has 0 bridgehead atoms. The summed E-state index contributed by atoms with van der Waals surface area (Å²) in [5.41, 5.74) is 0.625. The predicted molar refractivity (Wildman–Crippen MR) is 72.2 cm³/mol. The molecule has 100 valence electrons. The third-order valence-corrected chi connectivity index (χ3v) is 5.00. The predicted octanol–water partition coefficient (Wildman–Crippen LogP) is 3.50. The summed E-state index contributed by atoms with van der Waals surface area (Å²) in [4.78, 5) is 0. The monoisotopic (exact) mass is 239 g/mol. The maximum absolute atomic E-state index is 5.74. The van der Waals surface area contributed by atoms with Crippen molar-refractivity contribution in [2.75, 3.05) is 13.2 Å². The van der Waals surface area contributed by atoms with Gasteiger partial charge in [-0.05, 0) is 43.9 Å². The molecule has 1 heterocycles. The lowest BCUT2D eigenvalue weighted by Crippen LogP contribution is -2.43. The van der Waals surface area contributed by atoms with Gasteiger partial charge in [-0.1, -0.05) is 26.7 Å². The molecule has 2 fully saturated rings. The first-order chi connectivity index (χ1) is 8.28. The summed E-state index contributed by atoms with van der Waals surface area (Å²) >= 11 is 0. The summed E-state index contributed by atoms with van der Waals surface area (Å²) < 4.78 is 5.74. The number of hydrogen-bond donors (Lipinski definition) is 1. The van der Waals surface area contributed by atoms with Crippen molar-refractivity contribution in [3.63, 3.8) is 0 Å². The van der Waals surface area contributed by atoms with Crippen molar-refractivity contribution in [1.29, 1.82) is 0 Å². The minimum Gasteiger partial charge on any atom is -0.378 e. The highest BCUT2D eigenvalue weighted by Crippen LogP contribution is 2.40. The second-order valence-electron chi connectivity index (χ2n) is 6.06. The highest BCUT2D eigenvalue weighted by atomic mass is 16.5. The highest BCUT2D eigenvalue weighted by molar-refractivity contribution is 4.87. The Labute approximate surface area is 107 Å². The molecule has 0 aromatic rings. The Balaban J connectivity index is 1.76. The van der Waals surface area contributed by atoms with Crippen LogP contribution < -0.4 is 5.32 Å². The molecule has 2 nitrogen and oxygen atoms in total. The van der Waals surface area contributed by atoms with Gasteiger partial charge in [0, 0.05) is 19.2 Å². The first-order valence-corrected chi connectivity index (χ1v) is 7.63. The second kappa shape index (κ2) is 6.19. The fraction of sp³-hybridized carbons (Fsp3) is 1.00. The Morgan fingerprint density at radius 3 is 2.65 bits per heavy atom. The SMILES string of the molecule is CCC1CC(NCC2(CC)CCCC2)CCO1. The molecule has 2 rings (SSSR count). The summed E-state index contributed by atoms with van der Waals surface area (Å²) in [5.74, 6) is 0. The van der Waals surface area contributed by atoms with Gasteiger partial charge in [0.1, 0.15) is 0 Å². The normalized spacial score (nSPS) is 32.8. The van der Waals surface area contributed by atoms with Crippen LogP contribution in [-0.2, 0) is 4.74 Å². The van der Waals surface area contributed by atoms with Crippen molar-refractivity contribution in [2.24, 2.45) is 5.41 Å². The van der Waals surface area contributed by atoms with E-state index in [0.717, 1.165) is 13.0 Å². The van der Waals surface area contributed by atoms with Gasteiger partial charge in [0.2, 0.25) is 0 Å². The molecule has 17 heavy (non-hydrogen) atoms. The molecule has 1 saturated heterocycles. The van der Waals surface area contributed by atoms with Crippen LogP contribution in [0.4, 0.5) is 0 Å². The van der Waals surface area contributed by atoms with Crippen LogP contribution in [0.15, 0.2) is 0 Å². The second-order valence-corrected chi connectivity index (χ2v) is 6.06. The Morgan fingerprint density at radius 2 is 2.00 bits per heavy atom. The van der Waals surface area contributed by atoms with Gasteiger partial charge < -0.3 is 10.1 Å². The summed E-state index contributed by atoms with van der Waals surface area (Å²) in [7, 11) is 0. The highest BCUT2D eigenvalue weighted by Gasteiger charge is 2.32. The van der Waals surface area contributed by atoms with Crippen LogP contribution in [0, 0.1) is 5.41 Å². The molecule has 0 spiro atoms. The molecule has 1 N–H and O–H groups in total. The van der Waals surface area contributed by atoms with Crippen LogP contribution in [0.3, 0.4) is 0 Å². The number of ether oxygens (including phenoxy) is 1. The molecule has 0 aromatic heterocycles. The third kappa shape index (κ3) is 3.45. The van der Waals surface area contributed by atoms with Gasteiger partial charge in [-0.15, -0.1) is 0 Å². The molecular weight excluding hydrogens is 210 g/mol. The van der Waals surface area contributed by atoms with Crippen LogP contribution in [0.5, 0.6) is 0 Å². The maximum atomic E-state index is 5.74. The quantitative estimate of drug-likeness (QED) is 0.793. The lowest BCUT2D eigenvalue weighted by atomic mass is 9.83. The average Bonchev–Trinajstić information content (AvgIpc) is 2.86.